The van der Waals surface area contributed by atoms with Crippen LogP contribution in [0, 0.1) is 0 Å². The molecule has 1 fully saturated rings. The van der Waals surface area contributed by atoms with Crippen LogP contribution < -0.4 is 0 Å². The minimum absolute atomic E-state index is 1.28. The van der Waals surface area contributed by atoms with Crippen molar-refractivity contribution < 1.29 is 0 Å². The predicted molar refractivity (Wildman–Crippen MR) is 66.2 cm³/mol. The third kappa shape index (κ3) is 4.67. The Bertz CT molecular complexity index is 133. The van der Waals surface area contributed by atoms with E-state index in [2.05, 4.69) is 23.0 Å². The van der Waals surface area contributed by atoms with Crippen molar-refractivity contribution in [3.8, 4) is 0 Å². The van der Waals surface area contributed by atoms with Crippen molar-refractivity contribution in [2.45, 2.75) is 19.8 Å². The molecule has 0 saturated carbocycles. The van der Waals surface area contributed by atoms with Crippen LogP contribution in [-0.2, 0) is 0 Å². The topological polar surface area (TPSA) is 6.48 Å². The van der Waals surface area contributed by atoms with E-state index in [-0.39, 0.29) is 0 Å². The van der Waals surface area contributed by atoms with Crippen LogP contribution in [0.1, 0.15) is 19.8 Å². The van der Waals surface area contributed by atoms with Gasteiger partial charge in [-0.2, -0.15) is 11.8 Å². The van der Waals surface area contributed by atoms with Gasteiger partial charge in [-0.05, 0) is 37.9 Å². The zero-order valence-electron chi connectivity index (χ0n) is 9.67. The molecule has 0 aliphatic carbocycles. The molecule has 0 amide bonds. The molecule has 0 bridgehead atoms. The zero-order valence-corrected chi connectivity index (χ0v) is 10.5. The summed E-state index contributed by atoms with van der Waals surface area (Å²) in [5.74, 6) is 1.31. The average Bonchev–Trinajstić information content (AvgIpc) is 2.21. The van der Waals surface area contributed by atoms with Crippen LogP contribution in [0.25, 0.3) is 0 Å². The first-order valence-electron chi connectivity index (χ1n) is 5.80. The lowest BCUT2D eigenvalue weighted by Gasteiger charge is -2.34. The van der Waals surface area contributed by atoms with E-state index in [0.717, 1.165) is 0 Å². The number of rotatable bonds is 6. The minimum Gasteiger partial charge on any atom is -0.301 e. The Hall–Kier alpha value is 0.270. The van der Waals surface area contributed by atoms with Gasteiger partial charge in [0.1, 0.15) is 0 Å². The molecule has 0 unspecified atom stereocenters. The van der Waals surface area contributed by atoms with Crippen molar-refractivity contribution in [3.63, 3.8) is 0 Å². The molecule has 1 aliphatic rings. The van der Waals surface area contributed by atoms with E-state index in [9.17, 15) is 0 Å². The van der Waals surface area contributed by atoms with Crippen LogP contribution in [0.5, 0.6) is 0 Å². The minimum atomic E-state index is 1.28. The highest BCUT2D eigenvalue weighted by Crippen LogP contribution is 2.04. The van der Waals surface area contributed by atoms with Crippen LogP contribution >= 0.6 is 11.8 Å². The van der Waals surface area contributed by atoms with Gasteiger partial charge < -0.3 is 9.80 Å². The fraction of sp³-hybridized carbons (Fsp3) is 1.00. The monoisotopic (exact) mass is 216 g/mol. The summed E-state index contributed by atoms with van der Waals surface area (Å²) in [5, 5.41) is 0. The van der Waals surface area contributed by atoms with E-state index in [1.165, 1.54) is 57.9 Å². The van der Waals surface area contributed by atoms with E-state index in [0.29, 0.717) is 0 Å². The lowest BCUT2D eigenvalue weighted by molar-refractivity contribution is 0.133. The molecule has 1 aliphatic heterocycles. The van der Waals surface area contributed by atoms with Gasteiger partial charge in [-0.1, -0.05) is 6.92 Å². The van der Waals surface area contributed by atoms with Gasteiger partial charge in [0.25, 0.3) is 0 Å². The SMILES string of the molecule is CCCN1CCN(CCCSC)CC1. The van der Waals surface area contributed by atoms with Gasteiger partial charge >= 0.3 is 0 Å². The molecule has 1 heterocycles. The summed E-state index contributed by atoms with van der Waals surface area (Å²) in [5.41, 5.74) is 0. The first-order chi connectivity index (χ1) is 6.86. The summed E-state index contributed by atoms with van der Waals surface area (Å²) in [6, 6.07) is 0. The molecule has 1 saturated heterocycles. The van der Waals surface area contributed by atoms with E-state index >= 15 is 0 Å². The lowest BCUT2D eigenvalue weighted by atomic mass is 10.3. The van der Waals surface area contributed by atoms with Crippen LogP contribution in [0.4, 0.5) is 0 Å². The van der Waals surface area contributed by atoms with Crippen LogP contribution in [0.2, 0.25) is 0 Å². The molecule has 0 N–H and O–H groups in total. The molecule has 0 aromatic carbocycles. The number of thioether (sulfide) groups is 1. The van der Waals surface area contributed by atoms with E-state index in [1.807, 2.05) is 11.8 Å². The smallest absolute Gasteiger partial charge is 0.0110 e. The first kappa shape index (κ1) is 12.3. The fourth-order valence-electron chi connectivity index (χ4n) is 1.99. The standard InChI is InChI=1S/C11H24N2S/c1-3-5-12-7-9-13(10-8-12)6-4-11-14-2/h3-11H2,1-2H3. The highest BCUT2D eigenvalue weighted by atomic mass is 32.2. The van der Waals surface area contributed by atoms with Crippen LogP contribution in [0.3, 0.4) is 0 Å². The van der Waals surface area contributed by atoms with E-state index in [4.69, 9.17) is 0 Å². The zero-order chi connectivity index (χ0) is 10.2. The van der Waals surface area contributed by atoms with Crippen molar-refractivity contribution in [1.82, 2.24) is 9.80 Å². The molecule has 0 radical (unpaired) electrons. The second-order valence-electron chi connectivity index (χ2n) is 4.03. The number of nitrogens with zero attached hydrogens (tertiary/aromatic N) is 2. The maximum atomic E-state index is 2.61. The summed E-state index contributed by atoms with van der Waals surface area (Å²) in [6.07, 6.45) is 4.85. The van der Waals surface area contributed by atoms with Crippen molar-refractivity contribution in [2.24, 2.45) is 0 Å². The van der Waals surface area contributed by atoms with E-state index < -0.39 is 0 Å². The Labute approximate surface area is 93.0 Å². The van der Waals surface area contributed by atoms with Gasteiger partial charge in [-0.3, -0.25) is 0 Å². The number of hydrogen-bond donors (Lipinski definition) is 0. The molecule has 0 atom stereocenters. The number of piperazine rings is 1. The fourth-order valence-corrected chi connectivity index (χ4v) is 2.40. The summed E-state index contributed by atoms with van der Waals surface area (Å²) >= 11 is 1.96. The summed E-state index contributed by atoms with van der Waals surface area (Å²) < 4.78 is 0. The van der Waals surface area contributed by atoms with Crippen molar-refractivity contribution in [1.29, 1.82) is 0 Å². The lowest BCUT2D eigenvalue weighted by Crippen LogP contribution is -2.46. The van der Waals surface area contributed by atoms with Crippen LogP contribution in [0.15, 0.2) is 0 Å². The van der Waals surface area contributed by atoms with Crippen molar-refractivity contribution >= 4 is 11.8 Å². The normalized spacial score (nSPS) is 20.1. The molecule has 14 heavy (non-hydrogen) atoms. The van der Waals surface area contributed by atoms with Crippen LogP contribution in [-0.4, -0.2) is 61.1 Å². The number of hydrogen-bond acceptors (Lipinski definition) is 3. The third-order valence-electron chi connectivity index (χ3n) is 2.83. The van der Waals surface area contributed by atoms with Crippen molar-refractivity contribution in [3.05, 3.63) is 0 Å². The van der Waals surface area contributed by atoms with Gasteiger partial charge in [0.05, 0.1) is 0 Å². The second kappa shape index (κ2) is 7.55. The molecule has 0 aromatic heterocycles. The van der Waals surface area contributed by atoms with Crippen molar-refractivity contribution in [2.75, 3.05) is 51.3 Å². The Morgan fingerprint density at radius 1 is 1.00 bits per heavy atom. The molecule has 0 spiro atoms. The van der Waals surface area contributed by atoms with Gasteiger partial charge in [-0.15, -0.1) is 0 Å². The summed E-state index contributed by atoms with van der Waals surface area (Å²) in [7, 11) is 0. The molecule has 3 heteroatoms. The molecule has 2 nitrogen and oxygen atoms in total. The molecular weight excluding hydrogens is 192 g/mol. The van der Waals surface area contributed by atoms with Gasteiger partial charge in [0.2, 0.25) is 0 Å². The Balaban J connectivity index is 2.03. The average molecular weight is 216 g/mol. The highest BCUT2D eigenvalue weighted by Gasteiger charge is 2.14. The van der Waals surface area contributed by atoms with E-state index in [1.54, 1.807) is 0 Å². The molecule has 0 aromatic rings. The summed E-state index contributed by atoms with van der Waals surface area (Å²) in [6.45, 7) is 10.0. The Kier molecular flexibility index (Phi) is 6.65. The Morgan fingerprint density at radius 2 is 1.57 bits per heavy atom. The largest absolute Gasteiger partial charge is 0.301 e. The Morgan fingerprint density at radius 3 is 2.07 bits per heavy atom. The second-order valence-corrected chi connectivity index (χ2v) is 5.02. The third-order valence-corrected chi connectivity index (χ3v) is 3.52. The predicted octanol–water partition coefficient (Wildman–Crippen LogP) is 1.77. The first-order valence-corrected chi connectivity index (χ1v) is 7.20. The quantitative estimate of drug-likeness (QED) is 0.625. The highest BCUT2D eigenvalue weighted by molar-refractivity contribution is 7.98. The van der Waals surface area contributed by atoms with Gasteiger partial charge in [0, 0.05) is 26.2 Å². The van der Waals surface area contributed by atoms with Gasteiger partial charge in [0.15, 0.2) is 0 Å². The maximum Gasteiger partial charge on any atom is 0.0110 e. The maximum absolute atomic E-state index is 2.61. The molecular formula is C11H24N2S. The summed E-state index contributed by atoms with van der Waals surface area (Å²) in [4.78, 5) is 5.20. The molecule has 84 valence electrons. The van der Waals surface area contributed by atoms with Gasteiger partial charge in [-0.25, -0.2) is 0 Å². The molecule has 1 rings (SSSR count).